The van der Waals surface area contributed by atoms with E-state index in [1.54, 1.807) is 34.7 Å². The van der Waals surface area contributed by atoms with Gasteiger partial charge in [-0.3, -0.25) is 9.59 Å². The average molecular weight is 304 g/mol. The molecule has 0 aromatic carbocycles. The normalized spacial score (nSPS) is 15.3. The van der Waals surface area contributed by atoms with Crippen LogP contribution in [-0.2, 0) is 0 Å². The maximum Gasteiger partial charge on any atom is 0.270 e. The smallest absolute Gasteiger partial charge is 0.270 e. The lowest BCUT2D eigenvalue weighted by Gasteiger charge is -2.34. The molecule has 21 heavy (non-hydrogen) atoms. The van der Waals surface area contributed by atoms with Gasteiger partial charge in [0.05, 0.1) is 0 Å². The summed E-state index contributed by atoms with van der Waals surface area (Å²) >= 11 is 1.61. The molecule has 1 aliphatic rings. The van der Waals surface area contributed by atoms with Gasteiger partial charge in [0.15, 0.2) is 10.9 Å². The van der Waals surface area contributed by atoms with E-state index >= 15 is 0 Å². The van der Waals surface area contributed by atoms with Crippen LogP contribution in [0.15, 0.2) is 23.8 Å². The Kier molecular flexibility index (Phi) is 3.74. The van der Waals surface area contributed by atoms with Gasteiger partial charge in [0.1, 0.15) is 5.69 Å². The third-order valence-electron chi connectivity index (χ3n) is 3.58. The van der Waals surface area contributed by atoms with Gasteiger partial charge in [0.2, 0.25) is 0 Å². The van der Waals surface area contributed by atoms with Crippen molar-refractivity contribution >= 4 is 28.2 Å². The maximum atomic E-state index is 12.4. The Morgan fingerprint density at radius 1 is 1.29 bits per heavy atom. The van der Waals surface area contributed by atoms with Gasteiger partial charge >= 0.3 is 0 Å². The SMILES string of the molecule is CC(=O)c1c[nH]c(C(=O)N2CCN(c3nccs3)CC2)c1. The predicted molar refractivity (Wildman–Crippen MR) is 81.0 cm³/mol. The number of hydrogen-bond acceptors (Lipinski definition) is 5. The number of piperazine rings is 1. The molecule has 3 rings (SSSR count). The molecule has 0 spiro atoms. The number of aromatic amines is 1. The fourth-order valence-electron chi connectivity index (χ4n) is 2.36. The van der Waals surface area contributed by atoms with E-state index in [1.165, 1.54) is 6.92 Å². The molecule has 0 unspecified atom stereocenters. The van der Waals surface area contributed by atoms with Crippen molar-refractivity contribution in [3.63, 3.8) is 0 Å². The van der Waals surface area contributed by atoms with Crippen molar-refractivity contribution in [3.8, 4) is 0 Å². The summed E-state index contributed by atoms with van der Waals surface area (Å²) in [5.41, 5.74) is 1.02. The van der Waals surface area contributed by atoms with Crippen LogP contribution in [0.3, 0.4) is 0 Å². The van der Waals surface area contributed by atoms with Crippen molar-refractivity contribution in [2.75, 3.05) is 31.1 Å². The standard InChI is InChI=1S/C14H16N4O2S/c1-10(19)11-8-12(16-9-11)13(20)17-3-5-18(6-4-17)14-15-2-7-21-14/h2,7-9,16H,3-6H2,1H3. The Bertz CT molecular complexity index is 642. The lowest BCUT2D eigenvalue weighted by atomic mass is 10.2. The van der Waals surface area contributed by atoms with E-state index in [0.29, 0.717) is 24.3 Å². The van der Waals surface area contributed by atoms with Crippen molar-refractivity contribution in [2.24, 2.45) is 0 Å². The first kappa shape index (κ1) is 13.8. The number of Topliss-reactive ketones (excluding diaryl/α,β-unsaturated/α-hetero) is 1. The number of aromatic nitrogens is 2. The quantitative estimate of drug-likeness (QED) is 0.875. The minimum absolute atomic E-state index is 0.0427. The summed E-state index contributed by atoms with van der Waals surface area (Å²) in [6, 6.07) is 1.62. The maximum absolute atomic E-state index is 12.4. The molecule has 6 nitrogen and oxygen atoms in total. The zero-order chi connectivity index (χ0) is 14.8. The second-order valence-electron chi connectivity index (χ2n) is 4.95. The molecule has 0 bridgehead atoms. The lowest BCUT2D eigenvalue weighted by molar-refractivity contribution is 0.0741. The van der Waals surface area contributed by atoms with Crippen LogP contribution in [-0.4, -0.2) is 52.7 Å². The zero-order valence-electron chi connectivity index (χ0n) is 11.7. The number of carbonyl (C=O) groups is 2. The van der Waals surface area contributed by atoms with E-state index in [4.69, 9.17) is 0 Å². The molecule has 1 amide bonds. The lowest BCUT2D eigenvalue weighted by Crippen LogP contribution is -2.48. The highest BCUT2D eigenvalue weighted by Gasteiger charge is 2.24. The van der Waals surface area contributed by atoms with Crippen molar-refractivity contribution in [2.45, 2.75) is 6.92 Å². The van der Waals surface area contributed by atoms with Crippen LogP contribution in [0, 0.1) is 0 Å². The number of thiazole rings is 1. The van der Waals surface area contributed by atoms with Crippen LogP contribution in [0.5, 0.6) is 0 Å². The molecular weight excluding hydrogens is 288 g/mol. The molecule has 2 aromatic rings. The van der Waals surface area contributed by atoms with E-state index in [2.05, 4.69) is 14.9 Å². The number of anilines is 1. The Morgan fingerprint density at radius 3 is 2.62 bits per heavy atom. The van der Waals surface area contributed by atoms with Gasteiger partial charge < -0.3 is 14.8 Å². The molecule has 2 aromatic heterocycles. The number of carbonyl (C=O) groups excluding carboxylic acids is 2. The van der Waals surface area contributed by atoms with Crippen LogP contribution in [0.25, 0.3) is 0 Å². The summed E-state index contributed by atoms with van der Waals surface area (Å²) in [6.45, 7) is 4.36. The first-order valence-electron chi connectivity index (χ1n) is 6.78. The van der Waals surface area contributed by atoms with Crippen LogP contribution in [0.4, 0.5) is 5.13 Å². The number of nitrogens with zero attached hydrogens (tertiary/aromatic N) is 3. The van der Waals surface area contributed by atoms with Crippen molar-refractivity contribution in [1.82, 2.24) is 14.9 Å². The zero-order valence-corrected chi connectivity index (χ0v) is 12.5. The molecule has 1 aliphatic heterocycles. The van der Waals surface area contributed by atoms with E-state index in [9.17, 15) is 9.59 Å². The topological polar surface area (TPSA) is 69.3 Å². The Hall–Kier alpha value is -2.15. The number of H-pyrrole nitrogens is 1. The first-order chi connectivity index (χ1) is 10.1. The average Bonchev–Trinajstić information content (AvgIpc) is 3.18. The number of ketones is 1. The summed E-state index contributed by atoms with van der Waals surface area (Å²) in [5.74, 6) is -0.0971. The minimum atomic E-state index is -0.0544. The molecule has 1 fully saturated rings. The van der Waals surface area contributed by atoms with E-state index in [1.807, 2.05) is 5.38 Å². The third-order valence-corrected chi connectivity index (χ3v) is 4.41. The molecule has 0 aliphatic carbocycles. The molecular formula is C14H16N4O2S. The number of rotatable bonds is 3. The molecule has 1 saturated heterocycles. The van der Waals surface area contributed by atoms with Crippen LogP contribution >= 0.6 is 11.3 Å². The monoisotopic (exact) mass is 304 g/mol. The second kappa shape index (κ2) is 5.69. The van der Waals surface area contributed by atoms with Gasteiger partial charge in [-0.15, -0.1) is 11.3 Å². The van der Waals surface area contributed by atoms with Crippen LogP contribution < -0.4 is 4.90 Å². The summed E-state index contributed by atoms with van der Waals surface area (Å²) < 4.78 is 0. The Labute approximate surface area is 126 Å². The van der Waals surface area contributed by atoms with Crippen molar-refractivity contribution in [1.29, 1.82) is 0 Å². The number of hydrogen-bond donors (Lipinski definition) is 1. The molecule has 1 N–H and O–H groups in total. The molecule has 3 heterocycles. The Balaban J connectivity index is 1.63. The fourth-order valence-corrected chi connectivity index (χ4v) is 3.06. The van der Waals surface area contributed by atoms with Gasteiger partial charge in [-0.2, -0.15) is 0 Å². The highest BCUT2D eigenvalue weighted by Crippen LogP contribution is 2.19. The molecule has 0 atom stereocenters. The third kappa shape index (κ3) is 2.82. The van der Waals surface area contributed by atoms with E-state index in [0.717, 1.165) is 18.2 Å². The largest absolute Gasteiger partial charge is 0.356 e. The molecule has 7 heteroatoms. The van der Waals surface area contributed by atoms with Crippen LogP contribution in [0.1, 0.15) is 27.8 Å². The van der Waals surface area contributed by atoms with Crippen molar-refractivity contribution < 1.29 is 9.59 Å². The highest BCUT2D eigenvalue weighted by molar-refractivity contribution is 7.13. The highest BCUT2D eigenvalue weighted by atomic mass is 32.1. The van der Waals surface area contributed by atoms with Gasteiger partial charge in [0, 0.05) is 49.5 Å². The number of nitrogens with one attached hydrogen (secondary N) is 1. The number of amides is 1. The van der Waals surface area contributed by atoms with Crippen LogP contribution in [0.2, 0.25) is 0 Å². The molecule has 0 radical (unpaired) electrons. The van der Waals surface area contributed by atoms with Gasteiger partial charge in [-0.25, -0.2) is 4.98 Å². The summed E-state index contributed by atoms with van der Waals surface area (Å²) in [4.78, 5) is 34.8. The first-order valence-corrected chi connectivity index (χ1v) is 7.66. The summed E-state index contributed by atoms with van der Waals surface area (Å²) in [5, 5.41) is 2.95. The Morgan fingerprint density at radius 2 is 2.05 bits per heavy atom. The summed E-state index contributed by atoms with van der Waals surface area (Å²) in [6.07, 6.45) is 3.38. The predicted octanol–water partition coefficient (Wildman–Crippen LogP) is 1.64. The van der Waals surface area contributed by atoms with Gasteiger partial charge in [0.25, 0.3) is 5.91 Å². The van der Waals surface area contributed by atoms with Crippen molar-refractivity contribution in [3.05, 3.63) is 35.1 Å². The molecule has 0 saturated carbocycles. The van der Waals surface area contributed by atoms with E-state index in [-0.39, 0.29) is 11.7 Å². The second-order valence-corrected chi connectivity index (χ2v) is 5.83. The van der Waals surface area contributed by atoms with Gasteiger partial charge in [-0.05, 0) is 13.0 Å². The van der Waals surface area contributed by atoms with E-state index < -0.39 is 0 Å². The minimum Gasteiger partial charge on any atom is -0.356 e. The molecule has 110 valence electrons. The fraction of sp³-hybridized carbons (Fsp3) is 0.357. The van der Waals surface area contributed by atoms with Gasteiger partial charge in [-0.1, -0.05) is 0 Å². The summed E-state index contributed by atoms with van der Waals surface area (Å²) in [7, 11) is 0.